The Morgan fingerprint density at radius 1 is 1.37 bits per heavy atom. The van der Waals surface area contributed by atoms with Gasteiger partial charge in [-0.3, -0.25) is 9.00 Å². The molecule has 1 unspecified atom stereocenters. The molecule has 2 aliphatic heterocycles. The van der Waals surface area contributed by atoms with Gasteiger partial charge in [-0.05, 0) is 12.1 Å². The minimum Gasteiger partial charge on any atom is -0.378 e. The van der Waals surface area contributed by atoms with Gasteiger partial charge in [-0.2, -0.15) is 0 Å². The molecule has 0 aromatic heterocycles. The van der Waals surface area contributed by atoms with Gasteiger partial charge in [0.1, 0.15) is 0 Å². The maximum absolute atomic E-state index is 11.4. The van der Waals surface area contributed by atoms with Crippen molar-refractivity contribution >= 4 is 39.7 Å². The minimum absolute atomic E-state index is 0.428. The molecule has 7 heteroatoms. The van der Waals surface area contributed by atoms with Crippen molar-refractivity contribution in [2.45, 2.75) is 6.10 Å². The smallest absolute Gasteiger partial charge is 0.257 e. The fraction of sp³-hybridized carbons (Fsp3) is 0.417. The molecule has 1 aromatic rings. The van der Waals surface area contributed by atoms with Crippen molar-refractivity contribution in [1.82, 2.24) is 0 Å². The molecule has 19 heavy (non-hydrogen) atoms. The topological polar surface area (TPSA) is 69.6 Å². The second kappa shape index (κ2) is 4.77. The molecule has 0 bridgehead atoms. The third kappa shape index (κ3) is 2.24. The van der Waals surface area contributed by atoms with Crippen LogP contribution in [0.15, 0.2) is 12.1 Å². The highest BCUT2D eigenvalue weighted by Gasteiger charge is 2.30. The van der Waals surface area contributed by atoms with Gasteiger partial charge in [0, 0.05) is 46.6 Å². The van der Waals surface area contributed by atoms with Gasteiger partial charge in [0.15, 0.2) is 6.10 Å². The highest BCUT2D eigenvalue weighted by Crippen LogP contribution is 2.39. The minimum atomic E-state index is -1.14. The number of nitrogens with one attached hydrogen (secondary N) is 1. The molecule has 2 N–H and O–H groups in total. The summed E-state index contributed by atoms with van der Waals surface area (Å²) in [6.07, 6.45) is -1.14. The number of anilines is 2. The average Bonchev–Trinajstić information content (AvgIpc) is 2.66. The maximum Gasteiger partial charge on any atom is 0.257 e. The van der Waals surface area contributed by atoms with Gasteiger partial charge < -0.3 is 15.3 Å². The Morgan fingerprint density at radius 3 is 2.74 bits per heavy atom. The largest absolute Gasteiger partial charge is 0.378 e. The Kier molecular flexibility index (Phi) is 3.24. The van der Waals surface area contributed by atoms with Gasteiger partial charge in [-0.25, -0.2) is 0 Å². The van der Waals surface area contributed by atoms with Crippen LogP contribution in [0.2, 0.25) is 5.02 Å². The van der Waals surface area contributed by atoms with Crippen LogP contribution in [0.1, 0.15) is 11.7 Å². The van der Waals surface area contributed by atoms with Crippen LogP contribution in [0.3, 0.4) is 0 Å². The first-order valence-corrected chi connectivity index (χ1v) is 7.85. The Hall–Kier alpha value is -1.11. The standard InChI is InChI=1S/C12H13ClN2O3S/c13-8-5-7-9(14-12(17)11(7)16)6-10(8)15-1-3-19(18)4-2-15/h5-6,11,16H,1-4H2,(H,14,17). The van der Waals surface area contributed by atoms with Crippen molar-refractivity contribution in [2.24, 2.45) is 0 Å². The summed E-state index contributed by atoms with van der Waals surface area (Å²) in [5, 5.41) is 12.8. The molecule has 102 valence electrons. The zero-order valence-corrected chi connectivity index (χ0v) is 11.6. The lowest BCUT2D eigenvalue weighted by atomic mass is 10.1. The molecule has 5 nitrogen and oxygen atoms in total. The predicted octanol–water partition coefficient (Wildman–Crippen LogP) is 0.894. The second-order valence-electron chi connectivity index (χ2n) is 4.62. The summed E-state index contributed by atoms with van der Waals surface area (Å²) in [5.74, 6) is 0.827. The Labute approximate surface area is 118 Å². The lowest BCUT2D eigenvalue weighted by Crippen LogP contribution is -2.37. The van der Waals surface area contributed by atoms with Crippen LogP contribution in [-0.2, 0) is 15.6 Å². The first-order valence-electron chi connectivity index (χ1n) is 5.98. The van der Waals surface area contributed by atoms with E-state index in [0.29, 0.717) is 40.9 Å². The van der Waals surface area contributed by atoms with Crippen LogP contribution in [0.5, 0.6) is 0 Å². The monoisotopic (exact) mass is 300 g/mol. The second-order valence-corrected chi connectivity index (χ2v) is 6.72. The summed E-state index contributed by atoms with van der Waals surface area (Å²) in [6, 6.07) is 3.40. The number of hydrogen-bond donors (Lipinski definition) is 2. The third-order valence-corrected chi connectivity index (χ3v) is 5.02. The van der Waals surface area contributed by atoms with E-state index in [-0.39, 0.29) is 0 Å². The number of halogens is 1. The predicted molar refractivity (Wildman–Crippen MR) is 75.1 cm³/mol. The highest BCUT2D eigenvalue weighted by atomic mass is 35.5. The van der Waals surface area contributed by atoms with E-state index in [0.717, 1.165) is 5.69 Å². The fourth-order valence-electron chi connectivity index (χ4n) is 2.38. The zero-order valence-electron chi connectivity index (χ0n) is 10.1. The van der Waals surface area contributed by atoms with E-state index in [1.165, 1.54) is 0 Å². The molecule has 1 saturated heterocycles. The Balaban J connectivity index is 1.94. The normalized spacial score (nSPS) is 23.4. The number of fused-ring (bicyclic) bond motifs is 1. The van der Waals surface area contributed by atoms with E-state index >= 15 is 0 Å². The summed E-state index contributed by atoms with van der Waals surface area (Å²) < 4.78 is 11.4. The maximum atomic E-state index is 11.4. The van der Waals surface area contributed by atoms with Gasteiger partial charge >= 0.3 is 0 Å². The molecular weight excluding hydrogens is 288 g/mol. The number of carbonyl (C=O) groups excluding carboxylic acids is 1. The third-order valence-electron chi connectivity index (χ3n) is 3.44. The molecular formula is C12H13ClN2O3S. The molecule has 2 heterocycles. The summed E-state index contributed by atoms with van der Waals surface area (Å²) in [7, 11) is -0.746. The first kappa shape index (κ1) is 12.9. The van der Waals surface area contributed by atoms with Gasteiger partial charge in [-0.1, -0.05) is 11.6 Å². The van der Waals surface area contributed by atoms with Crippen molar-refractivity contribution in [3.8, 4) is 0 Å². The van der Waals surface area contributed by atoms with Crippen LogP contribution in [0.4, 0.5) is 11.4 Å². The average molecular weight is 301 g/mol. The fourth-order valence-corrected chi connectivity index (χ4v) is 3.72. The SMILES string of the molecule is O=C1Nc2cc(N3CCS(=O)CC3)c(Cl)cc2C1O. The number of aliphatic hydroxyl groups is 1. The molecule has 2 aliphatic rings. The Morgan fingerprint density at radius 2 is 2.05 bits per heavy atom. The van der Waals surface area contributed by atoms with E-state index in [9.17, 15) is 14.1 Å². The van der Waals surface area contributed by atoms with Crippen molar-refractivity contribution < 1.29 is 14.1 Å². The van der Waals surface area contributed by atoms with Crippen LogP contribution >= 0.6 is 11.6 Å². The molecule has 1 aromatic carbocycles. The zero-order chi connectivity index (χ0) is 13.6. The summed E-state index contributed by atoms with van der Waals surface area (Å²) >= 11 is 6.22. The number of amides is 1. The molecule has 0 spiro atoms. The number of aliphatic hydroxyl groups excluding tert-OH is 1. The van der Waals surface area contributed by atoms with Crippen molar-refractivity contribution in [2.75, 3.05) is 34.8 Å². The van der Waals surface area contributed by atoms with E-state index < -0.39 is 22.8 Å². The number of hydrogen-bond acceptors (Lipinski definition) is 4. The number of nitrogens with zero attached hydrogens (tertiary/aromatic N) is 1. The van der Waals surface area contributed by atoms with Gasteiger partial charge in [0.05, 0.1) is 10.7 Å². The summed E-state index contributed by atoms with van der Waals surface area (Å²) in [5.41, 5.74) is 1.93. The first-order chi connectivity index (χ1) is 9.06. The number of benzene rings is 1. The molecule has 0 aliphatic carbocycles. The van der Waals surface area contributed by atoms with Crippen LogP contribution in [0, 0.1) is 0 Å². The quantitative estimate of drug-likeness (QED) is 0.808. The van der Waals surface area contributed by atoms with E-state index in [2.05, 4.69) is 10.2 Å². The van der Waals surface area contributed by atoms with Crippen LogP contribution < -0.4 is 10.2 Å². The van der Waals surface area contributed by atoms with Gasteiger partial charge in [0.2, 0.25) is 0 Å². The summed E-state index contributed by atoms with van der Waals surface area (Å²) in [4.78, 5) is 13.5. The Bertz CT molecular complexity index is 568. The van der Waals surface area contributed by atoms with Crippen LogP contribution in [-0.4, -0.2) is 39.8 Å². The van der Waals surface area contributed by atoms with E-state index in [1.54, 1.807) is 12.1 Å². The van der Waals surface area contributed by atoms with Crippen molar-refractivity contribution in [1.29, 1.82) is 0 Å². The van der Waals surface area contributed by atoms with Gasteiger partial charge in [0.25, 0.3) is 5.91 Å². The number of rotatable bonds is 1. The molecule has 1 amide bonds. The van der Waals surface area contributed by atoms with E-state index in [4.69, 9.17) is 11.6 Å². The van der Waals surface area contributed by atoms with Crippen molar-refractivity contribution in [3.05, 3.63) is 22.7 Å². The van der Waals surface area contributed by atoms with Crippen LogP contribution in [0.25, 0.3) is 0 Å². The molecule has 1 atom stereocenters. The lowest BCUT2D eigenvalue weighted by Gasteiger charge is -2.29. The van der Waals surface area contributed by atoms with Crippen molar-refractivity contribution in [3.63, 3.8) is 0 Å². The lowest BCUT2D eigenvalue weighted by molar-refractivity contribution is -0.123. The molecule has 3 rings (SSSR count). The molecule has 0 saturated carbocycles. The highest BCUT2D eigenvalue weighted by molar-refractivity contribution is 7.85. The molecule has 1 fully saturated rings. The number of carbonyl (C=O) groups is 1. The summed E-state index contributed by atoms with van der Waals surface area (Å²) in [6.45, 7) is 1.36. The van der Waals surface area contributed by atoms with Gasteiger partial charge in [-0.15, -0.1) is 0 Å². The van der Waals surface area contributed by atoms with E-state index in [1.807, 2.05) is 0 Å². The molecule has 0 radical (unpaired) electrons.